The van der Waals surface area contributed by atoms with Gasteiger partial charge >= 0.3 is 6.61 Å². The second kappa shape index (κ2) is 5.89. The lowest BCUT2D eigenvalue weighted by atomic mass is 10.0. The first kappa shape index (κ1) is 14.6. The zero-order chi connectivity index (χ0) is 15.8. The van der Waals surface area contributed by atoms with Crippen molar-refractivity contribution in [2.24, 2.45) is 5.92 Å². The molecule has 1 aliphatic carbocycles. The van der Waals surface area contributed by atoms with Crippen molar-refractivity contribution < 1.29 is 13.5 Å². The number of anilines is 2. The van der Waals surface area contributed by atoms with E-state index in [9.17, 15) is 8.78 Å². The van der Waals surface area contributed by atoms with Crippen LogP contribution in [0.4, 0.5) is 20.3 Å². The molecular formula is C18H18F2N2O. The molecule has 4 rings (SSSR count). The van der Waals surface area contributed by atoms with E-state index >= 15 is 0 Å². The fourth-order valence-electron chi connectivity index (χ4n) is 3.36. The number of pyridine rings is 1. The Morgan fingerprint density at radius 3 is 2.96 bits per heavy atom. The number of benzene rings is 1. The first-order valence-electron chi connectivity index (χ1n) is 7.94. The first-order valence-corrected chi connectivity index (χ1v) is 7.94. The Morgan fingerprint density at radius 2 is 2.09 bits per heavy atom. The summed E-state index contributed by atoms with van der Waals surface area (Å²) in [4.78, 5) is 4.40. The van der Waals surface area contributed by atoms with E-state index < -0.39 is 6.61 Å². The van der Waals surface area contributed by atoms with Crippen LogP contribution in [0.25, 0.3) is 0 Å². The normalized spacial score (nSPS) is 22.0. The van der Waals surface area contributed by atoms with Crippen molar-refractivity contribution in [3.05, 3.63) is 53.2 Å². The van der Waals surface area contributed by atoms with Gasteiger partial charge in [-0.2, -0.15) is 8.78 Å². The van der Waals surface area contributed by atoms with Gasteiger partial charge < -0.3 is 10.1 Å². The molecule has 0 bridgehead atoms. The van der Waals surface area contributed by atoms with E-state index in [0.29, 0.717) is 5.92 Å². The summed E-state index contributed by atoms with van der Waals surface area (Å²) in [6.07, 6.45) is 4.64. The van der Waals surface area contributed by atoms with E-state index in [1.54, 1.807) is 6.20 Å². The third kappa shape index (κ3) is 3.06. The van der Waals surface area contributed by atoms with E-state index in [2.05, 4.69) is 39.3 Å². The summed E-state index contributed by atoms with van der Waals surface area (Å²) in [5, 5.41) is 3.41. The van der Waals surface area contributed by atoms with E-state index in [1.807, 2.05) is 6.07 Å². The SMILES string of the molecule is FC(F)OCC1CC1c1ccc2c(c1)CCc1cccnc1N2. The van der Waals surface area contributed by atoms with Crippen LogP contribution < -0.4 is 5.32 Å². The number of hydrogen-bond donors (Lipinski definition) is 1. The van der Waals surface area contributed by atoms with E-state index in [-0.39, 0.29) is 12.5 Å². The summed E-state index contributed by atoms with van der Waals surface area (Å²) in [5.74, 6) is 1.50. The molecule has 1 N–H and O–H groups in total. The number of alkyl halides is 2. The predicted octanol–water partition coefficient (Wildman–Crippen LogP) is 4.27. The van der Waals surface area contributed by atoms with Crippen LogP contribution in [0.1, 0.15) is 29.0 Å². The summed E-state index contributed by atoms with van der Waals surface area (Å²) in [6, 6.07) is 10.4. The van der Waals surface area contributed by atoms with Gasteiger partial charge in [-0.25, -0.2) is 4.98 Å². The number of halogens is 2. The lowest BCUT2D eigenvalue weighted by Gasteiger charge is -2.10. The highest BCUT2D eigenvalue weighted by molar-refractivity contribution is 5.66. The van der Waals surface area contributed by atoms with Crippen molar-refractivity contribution in [2.75, 3.05) is 11.9 Å². The molecule has 2 aromatic rings. The molecule has 0 radical (unpaired) electrons. The zero-order valence-corrected chi connectivity index (χ0v) is 12.6. The van der Waals surface area contributed by atoms with Gasteiger partial charge in [-0.3, -0.25) is 0 Å². The van der Waals surface area contributed by atoms with Gasteiger partial charge in [0.25, 0.3) is 0 Å². The quantitative estimate of drug-likeness (QED) is 0.915. The fourth-order valence-corrected chi connectivity index (χ4v) is 3.36. The predicted molar refractivity (Wildman–Crippen MR) is 84.2 cm³/mol. The van der Waals surface area contributed by atoms with Gasteiger partial charge in [0.05, 0.1) is 6.61 Å². The Bertz CT molecular complexity index is 720. The van der Waals surface area contributed by atoms with Crippen LogP contribution in [-0.2, 0) is 17.6 Å². The lowest BCUT2D eigenvalue weighted by Crippen LogP contribution is -2.03. The van der Waals surface area contributed by atoms with E-state index in [4.69, 9.17) is 0 Å². The Labute approximate surface area is 133 Å². The van der Waals surface area contributed by atoms with Gasteiger partial charge in [0.2, 0.25) is 0 Å². The van der Waals surface area contributed by atoms with Gasteiger partial charge in [0.15, 0.2) is 0 Å². The molecule has 3 nitrogen and oxygen atoms in total. The van der Waals surface area contributed by atoms with Crippen molar-refractivity contribution in [1.29, 1.82) is 0 Å². The van der Waals surface area contributed by atoms with Crippen molar-refractivity contribution >= 4 is 11.5 Å². The van der Waals surface area contributed by atoms with Crippen LogP contribution in [0.15, 0.2) is 36.5 Å². The second-order valence-electron chi connectivity index (χ2n) is 6.25. The van der Waals surface area contributed by atoms with Gasteiger partial charge in [-0.05, 0) is 59.9 Å². The van der Waals surface area contributed by atoms with Crippen molar-refractivity contribution in [3.63, 3.8) is 0 Å². The molecule has 2 unspecified atom stereocenters. The van der Waals surface area contributed by atoms with Crippen LogP contribution in [0, 0.1) is 5.92 Å². The number of fused-ring (bicyclic) bond motifs is 2. The van der Waals surface area contributed by atoms with Crippen LogP contribution in [0.3, 0.4) is 0 Å². The van der Waals surface area contributed by atoms with Crippen LogP contribution in [0.2, 0.25) is 0 Å². The van der Waals surface area contributed by atoms with Crippen LogP contribution >= 0.6 is 0 Å². The molecule has 5 heteroatoms. The zero-order valence-electron chi connectivity index (χ0n) is 12.6. The molecule has 1 aliphatic heterocycles. The lowest BCUT2D eigenvalue weighted by molar-refractivity contribution is -0.132. The van der Waals surface area contributed by atoms with Crippen molar-refractivity contribution in [3.8, 4) is 0 Å². The Kier molecular flexibility index (Phi) is 3.73. The Hall–Kier alpha value is -2.01. The molecule has 120 valence electrons. The average molecular weight is 316 g/mol. The van der Waals surface area contributed by atoms with E-state index in [0.717, 1.165) is 30.8 Å². The number of hydrogen-bond acceptors (Lipinski definition) is 3. The third-order valence-electron chi connectivity index (χ3n) is 4.72. The highest BCUT2D eigenvalue weighted by Gasteiger charge is 2.39. The molecule has 1 aromatic carbocycles. The summed E-state index contributed by atoms with van der Waals surface area (Å²) in [7, 11) is 0. The first-order chi connectivity index (χ1) is 11.2. The van der Waals surface area contributed by atoms with Crippen LogP contribution in [-0.4, -0.2) is 18.2 Å². The number of rotatable bonds is 4. The van der Waals surface area contributed by atoms with Crippen LogP contribution in [0.5, 0.6) is 0 Å². The average Bonchev–Trinajstić information content (AvgIpc) is 3.34. The standard InChI is InChI=1S/C18H18F2N2O/c19-18(20)23-10-14-9-15(14)12-5-6-16-13(8-12)4-3-11-2-1-7-21-17(11)22-16/h1-2,5-8,14-15,18H,3-4,9-10H2,(H,21,22). The highest BCUT2D eigenvalue weighted by atomic mass is 19.3. The number of nitrogens with zero attached hydrogens (tertiary/aromatic N) is 1. The Morgan fingerprint density at radius 1 is 1.22 bits per heavy atom. The minimum absolute atomic E-state index is 0.146. The van der Waals surface area contributed by atoms with E-state index in [1.165, 1.54) is 16.7 Å². The molecule has 0 amide bonds. The van der Waals surface area contributed by atoms with Crippen molar-refractivity contribution in [1.82, 2.24) is 4.98 Å². The smallest absolute Gasteiger partial charge is 0.340 e. The van der Waals surface area contributed by atoms with Gasteiger partial charge in [-0.1, -0.05) is 18.2 Å². The molecule has 1 fully saturated rings. The molecule has 1 saturated carbocycles. The summed E-state index contributed by atoms with van der Waals surface area (Å²) >= 11 is 0. The number of nitrogens with one attached hydrogen (secondary N) is 1. The molecule has 0 saturated heterocycles. The Balaban J connectivity index is 1.50. The number of aromatic nitrogens is 1. The number of ether oxygens (including phenoxy) is 1. The summed E-state index contributed by atoms with van der Waals surface area (Å²) in [5.41, 5.74) is 4.81. The maximum absolute atomic E-state index is 12.1. The van der Waals surface area contributed by atoms with Crippen molar-refractivity contribution in [2.45, 2.75) is 31.8 Å². The second-order valence-corrected chi connectivity index (χ2v) is 6.25. The van der Waals surface area contributed by atoms with Gasteiger partial charge in [0.1, 0.15) is 5.82 Å². The molecule has 2 heterocycles. The molecule has 2 atom stereocenters. The monoisotopic (exact) mass is 316 g/mol. The molecule has 1 aromatic heterocycles. The summed E-state index contributed by atoms with van der Waals surface area (Å²) in [6.45, 7) is -2.52. The topological polar surface area (TPSA) is 34.1 Å². The minimum atomic E-state index is -2.67. The van der Waals surface area contributed by atoms with Gasteiger partial charge in [0, 0.05) is 11.9 Å². The molecule has 23 heavy (non-hydrogen) atoms. The summed E-state index contributed by atoms with van der Waals surface area (Å²) < 4.78 is 28.7. The highest BCUT2D eigenvalue weighted by Crippen LogP contribution is 2.48. The molecule has 2 aliphatic rings. The number of aryl methyl sites for hydroxylation is 2. The maximum atomic E-state index is 12.1. The maximum Gasteiger partial charge on any atom is 0.345 e. The fraction of sp³-hybridized carbons (Fsp3) is 0.389. The largest absolute Gasteiger partial charge is 0.345 e. The van der Waals surface area contributed by atoms with Gasteiger partial charge in [-0.15, -0.1) is 0 Å². The molecular weight excluding hydrogens is 298 g/mol. The third-order valence-corrected chi connectivity index (χ3v) is 4.72. The molecule has 0 spiro atoms. The minimum Gasteiger partial charge on any atom is -0.340 e.